The fourth-order valence-electron chi connectivity index (χ4n) is 3.28. The molecule has 4 N–H and O–H groups in total. The van der Waals surface area contributed by atoms with Gasteiger partial charge in [-0.05, 0) is 23.8 Å². The lowest BCUT2D eigenvalue weighted by Crippen LogP contribution is -2.72. The number of rotatable bonds is 4. The standard InChI is InChI=1S/C18H14F3N3O5S/c19-18(20,21)17(27)13(15(26)9-4-2-1-3-5-9)14(22-16(30)23-17)10-6-7-12(25)11(8-10)24(28)29/h1-8,13-14,25,27H,(H2,22,23,30)/t13-,14-,17-/m1/s1. The second-order valence-corrected chi connectivity index (χ2v) is 6.96. The molecule has 3 atom stereocenters. The predicted octanol–water partition coefficient (Wildman–Crippen LogP) is 2.57. The fraction of sp³-hybridized carbons (Fsp3) is 0.222. The first-order valence-corrected chi connectivity index (χ1v) is 8.81. The van der Waals surface area contributed by atoms with E-state index in [0.29, 0.717) is 0 Å². The Balaban J connectivity index is 2.20. The molecular weight excluding hydrogens is 427 g/mol. The van der Waals surface area contributed by atoms with Crippen LogP contribution in [0.3, 0.4) is 0 Å². The number of hydrogen-bond donors (Lipinski definition) is 4. The van der Waals surface area contributed by atoms with E-state index in [1.54, 1.807) is 11.4 Å². The maximum Gasteiger partial charge on any atom is 0.437 e. The van der Waals surface area contributed by atoms with Crippen molar-refractivity contribution in [2.24, 2.45) is 5.92 Å². The second-order valence-electron chi connectivity index (χ2n) is 6.55. The lowest BCUT2D eigenvalue weighted by atomic mass is 9.77. The van der Waals surface area contributed by atoms with Crippen LogP contribution in [0.5, 0.6) is 5.75 Å². The fourth-order valence-corrected chi connectivity index (χ4v) is 3.56. The van der Waals surface area contributed by atoms with E-state index in [1.807, 2.05) is 0 Å². The Kier molecular flexibility index (Phi) is 5.39. The molecular formula is C18H14F3N3O5S. The third-order valence-corrected chi connectivity index (χ3v) is 4.92. The molecule has 1 aliphatic rings. The molecule has 0 spiro atoms. The molecule has 0 amide bonds. The number of nitro groups is 1. The van der Waals surface area contributed by atoms with Gasteiger partial charge in [0, 0.05) is 11.6 Å². The highest BCUT2D eigenvalue weighted by atomic mass is 32.1. The van der Waals surface area contributed by atoms with Gasteiger partial charge in [-0.25, -0.2) is 0 Å². The number of aromatic hydroxyl groups is 1. The Bertz CT molecular complexity index is 1020. The summed E-state index contributed by atoms with van der Waals surface area (Å²) < 4.78 is 41.7. The normalized spacial score (nSPS) is 23.9. The zero-order valence-corrected chi connectivity index (χ0v) is 15.7. The number of ketones is 1. The molecule has 1 fully saturated rings. The van der Waals surface area contributed by atoms with Gasteiger partial charge in [0.25, 0.3) is 0 Å². The maximum atomic E-state index is 13.9. The minimum absolute atomic E-state index is 0.111. The van der Waals surface area contributed by atoms with Gasteiger partial charge in [0.1, 0.15) is 5.92 Å². The molecule has 0 radical (unpaired) electrons. The summed E-state index contributed by atoms with van der Waals surface area (Å²) in [6.45, 7) is 0. The Morgan fingerprint density at radius 3 is 2.40 bits per heavy atom. The number of carbonyl (C=O) groups is 1. The maximum absolute atomic E-state index is 13.9. The van der Waals surface area contributed by atoms with Crippen LogP contribution >= 0.6 is 12.2 Å². The number of carbonyl (C=O) groups excluding carboxylic acids is 1. The molecule has 0 saturated carbocycles. The van der Waals surface area contributed by atoms with Crippen molar-refractivity contribution in [1.29, 1.82) is 0 Å². The van der Waals surface area contributed by atoms with Gasteiger partial charge in [0.05, 0.1) is 11.0 Å². The van der Waals surface area contributed by atoms with Gasteiger partial charge in [-0.2, -0.15) is 13.2 Å². The lowest BCUT2D eigenvalue weighted by molar-refractivity contribution is -0.386. The van der Waals surface area contributed by atoms with Crippen molar-refractivity contribution in [3.63, 3.8) is 0 Å². The average molecular weight is 441 g/mol. The quantitative estimate of drug-likeness (QED) is 0.247. The summed E-state index contributed by atoms with van der Waals surface area (Å²) in [6, 6.07) is 8.25. The number of nitrogens with one attached hydrogen (secondary N) is 2. The molecule has 2 aromatic carbocycles. The number of alkyl halides is 3. The molecule has 2 aromatic rings. The summed E-state index contributed by atoms with van der Waals surface area (Å²) >= 11 is 4.79. The average Bonchev–Trinajstić information content (AvgIpc) is 2.67. The summed E-state index contributed by atoms with van der Waals surface area (Å²) in [7, 11) is 0. The first-order valence-electron chi connectivity index (χ1n) is 8.40. The minimum Gasteiger partial charge on any atom is -0.502 e. The van der Waals surface area contributed by atoms with E-state index in [0.717, 1.165) is 18.2 Å². The molecule has 3 rings (SSSR count). The zero-order valence-electron chi connectivity index (χ0n) is 14.9. The van der Waals surface area contributed by atoms with Crippen LogP contribution in [0.2, 0.25) is 0 Å². The summed E-state index contributed by atoms with van der Waals surface area (Å²) in [5.74, 6) is -3.98. The van der Waals surface area contributed by atoms with Gasteiger partial charge in [-0.1, -0.05) is 36.4 Å². The summed E-state index contributed by atoms with van der Waals surface area (Å²) in [5, 5.41) is 35.0. The number of nitro benzene ring substituents is 1. The van der Waals surface area contributed by atoms with Crippen LogP contribution in [-0.4, -0.2) is 37.9 Å². The highest BCUT2D eigenvalue weighted by Crippen LogP contribution is 2.44. The number of benzene rings is 2. The summed E-state index contributed by atoms with van der Waals surface area (Å²) in [4.78, 5) is 23.3. The molecule has 0 aromatic heterocycles. The summed E-state index contributed by atoms with van der Waals surface area (Å²) in [6.07, 6.45) is -5.32. The number of nitrogens with zero attached hydrogens (tertiary/aromatic N) is 1. The van der Waals surface area contributed by atoms with Gasteiger partial charge in [0.15, 0.2) is 16.6 Å². The highest BCUT2D eigenvalue weighted by Gasteiger charge is 2.65. The van der Waals surface area contributed by atoms with Crippen molar-refractivity contribution in [2.45, 2.75) is 17.9 Å². The molecule has 30 heavy (non-hydrogen) atoms. The van der Waals surface area contributed by atoms with Gasteiger partial charge >= 0.3 is 11.9 Å². The number of phenols is 1. The highest BCUT2D eigenvalue weighted by molar-refractivity contribution is 7.80. The van der Waals surface area contributed by atoms with Crippen LogP contribution in [0.4, 0.5) is 18.9 Å². The van der Waals surface area contributed by atoms with Crippen molar-refractivity contribution >= 4 is 28.8 Å². The van der Waals surface area contributed by atoms with Crippen LogP contribution in [0.1, 0.15) is 22.0 Å². The van der Waals surface area contributed by atoms with Crippen molar-refractivity contribution in [3.05, 3.63) is 69.8 Å². The van der Waals surface area contributed by atoms with E-state index < -0.39 is 51.1 Å². The topological polar surface area (TPSA) is 125 Å². The molecule has 1 saturated heterocycles. The molecule has 1 heterocycles. The van der Waals surface area contributed by atoms with Crippen LogP contribution in [0.25, 0.3) is 0 Å². The van der Waals surface area contributed by atoms with Gasteiger partial charge in [0.2, 0.25) is 5.72 Å². The smallest absolute Gasteiger partial charge is 0.437 e. The summed E-state index contributed by atoms with van der Waals surface area (Å²) in [5.41, 5.74) is -4.79. The largest absolute Gasteiger partial charge is 0.502 e. The third-order valence-electron chi connectivity index (χ3n) is 4.70. The van der Waals surface area contributed by atoms with E-state index in [9.17, 15) is 38.3 Å². The predicted molar refractivity (Wildman–Crippen MR) is 102 cm³/mol. The monoisotopic (exact) mass is 441 g/mol. The molecule has 0 bridgehead atoms. The van der Waals surface area contributed by atoms with Crippen molar-refractivity contribution < 1.29 is 33.1 Å². The van der Waals surface area contributed by atoms with Crippen molar-refractivity contribution in [1.82, 2.24) is 10.6 Å². The number of thiocarbonyl (C=S) groups is 1. The molecule has 158 valence electrons. The molecule has 0 unspecified atom stereocenters. The Labute approximate surface area is 172 Å². The third kappa shape index (κ3) is 3.66. The lowest BCUT2D eigenvalue weighted by Gasteiger charge is -2.46. The minimum atomic E-state index is -5.32. The SMILES string of the molecule is O=C(c1ccccc1)[C@H]1[C@@H](c2ccc(O)c([N+](=O)[O-])c2)NC(=S)N[C@]1(O)C(F)(F)F. The molecule has 1 aliphatic heterocycles. The first kappa shape index (κ1) is 21.5. The van der Waals surface area contributed by atoms with E-state index in [1.165, 1.54) is 24.3 Å². The molecule has 12 heteroatoms. The Morgan fingerprint density at radius 2 is 1.83 bits per heavy atom. The Hall–Kier alpha value is -3.25. The van der Waals surface area contributed by atoms with E-state index in [2.05, 4.69) is 5.32 Å². The first-order chi connectivity index (χ1) is 14.0. The van der Waals surface area contributed by atoms with E-state index in [-0.39, 0.29) is 11.1 Å². The van der Waals surface area contributed by atoms with Gasteiger partial charge < -0.3 is 20.8 Å². The number of halogens is 3. The number of Topliss-reactive ketones (excluding diaryl/α,β-unsaturated/α-hetero) is 1. The Morgan fingerprint density at radius 1 is 1.20 bits per heavy atom. The molecule has 0 aliphatic carbocycles. The number of hydrogen-bond acceptors (Lipinski definition) is 6. The van der Waals surface area contributed by atoms with E-state index in [4.69, 9.17) is 12.2 Å². The second kappa shape index (κ2) is 7.54. The van der Waals surface area contributed by atoms with Crippen LogP contribution in [0.15, 0.2) is 48.5 Å². The van der Waals surface area contributed by atoms with Crippen LogP contribution in [0, 0.1) is 16.0 Å². The van der Waals surface area contributed by atoms with Gasteiger partial charge in [-0.3, -0.25) is 14.9 Å². The van der Waals surface area contributed by atoms with Crippen LogP contribution in [-0.2, 0) is 0 Å². The zero-order chi connectivity index (χ0) is 22.3. The van der Waals surface area contributed by atoms with Gasteiger partial charge in [-0.15, -0.1) is 0 Å². The van der Waals surface area contributed by atoms with Crippen molar-refractivity contribution in [3.8, 4) is 5.75 Å². The van der Waals surface area contributed by atoms with Crippen molar-refractivity contribution in [2.75, 3.05) is 0 Å². The number of aliphatic hydroxyl groups is 1. The van der Waals surface area contributed by atoms with Crippen LogP contribution < -0.4 is 10.6 Å². The molecule has 8 nitrogen and oxygen atoms in total. The number of phenolic OH excluding ortho intramolecular Hbond substituents is 1. The van der Waals surface area contributed by atoms with E-state index >= 15 is 0 Å².